The number of sulfonamides is 1. The summed E-state index contributed by atoms with van der Waals surface area (Å²) in [5.74, 6) is -0.729. The summed E-state index contributed by atoms with van der Waals surface area (Å²) in [6, 6.07) is 11.0. The number of nitrogens with zero attached hydrogens (tertiary/aromatic N) is 2. The molecule has 1 fully saturated rings. The smallest absolute Gasteiger partial charge is 0.271 e. The zero-order valence-corrected chi connectivity index (χ0v) is 17.9. The van der Waals surface area contributed by atoms with Crippen molar-refractivity contribution in [2.75, 3.05) is 18.4 Å². The van der Waals surface area contributed by atoms with E-state index in [2.05, 4.69) is 5.32 Å². The van der Waals surface area contributed by atoms with Gasteiger partial charge < -0.3 is 5.32 Å². The average molecular weight is 452 g/mol. The van der Waals surface area contributed by atoms with Gasteiger partial charge >= 0.3 is 0 Å². The van der Waals surface area contributed by atoms with Gasteiger partial charge in [-0.05, 0) is 43.0 Å². The molecule has 0 atom stereocenters. The van der Waals surface area contributed by atoms with Gasteiger partial charge in [0, 0.05) is 36.2 Å². The van der Waals surface area contributed by atoms with E-state index in [1.54, 1.807) is 37.3 Å². The molecule has 3 rings (SSSR count). The molecular formula is C20H22ClN3O5S. The molecule has 0 bridgehead atoms. The van der Waals surface area contributed by atoms with Gasteiger partial charge in [0.2, 0.25) is 15.9 Å². The molecule has 1 heterocycles. The lowest BCUT2D eigenvalue weighted by atomic mass is 9.97. The van der Waals surface area contributed by atoms with E-state index in [9.17, 15) is 23.3 Å². The molecule has 0 aliphatic carbocycles. The number of hydrogen-bond acceptors (Lipinski definition) is 5. The summed E-state index contributed by atoms with van der Waals surface area (Å²) in [4.78, 5) is 23.1. The Kier molecular flexibility index (Phi) is 6.74. The van der Waals surface area contributed by atoms with Gasteiger partial charge in [-0.2, -0.15) is 0 Å². The highest BCUT2D eigenvalue weighted by atomic mass is 35.5. The molecule has 0 saturated carbocycles. The van der Waals surface area contributed by atoms with E-state index in [0.29, 0.717) is 29.1 Å². The lowest BCUT2D eigenvalue weighted by Crippen LogP contribution is -2.41. The minimum Gasteiger partial charge on any atom is -0.325 e. The third-order valence-corrected chi connectivity index (χ3v) is 7.27. The molecule has 1 amide bonds. The van der Waals surface area contributed by atoms with Crippen molar-refractivity contribution in [2.24, 2.45) is 5.92 Å². The van der Waals surface area contributed by atoms with Crippen molar-refractivity contribution < 1.29 is 18.1 Å². The van der Waals surface area contributed by atoms with Gasteiger partial charge in [0.1, 0.15) is 0 Å². The Balaban J connectivity index is 1.59. The third kappa shape index (κ3) is 5.35. The first-order valence-electron chi connectivity index (χ1n) is 9.44. The molecule has 1 aliphatic rings. The molecule has 0 spiro atoms. The molecule has 1 N–H and O–H groups in total. The van der Waals surface area contributed by atoms with Crippen LogP contribution in [0.2, 0.25) is 5.02 Å². The number of nitrogens with one attached hydrogen (secondary N) is 1. The maximum atomic E-state index is 12.7. The molecule has 1 saturated heterocycles. The molecule has 30 heavy (non-hydrogen) atoms. The summed E-state index contributed by atoms with van der Waals surface area (Å²) >= 11 is 5.84. The zero-order chi connectivity index (χ0) is 21.9. The first kappa shape index (κ1) is 22.2. The molecule has 2 aromatic carbocycles. The number of non-ortho nitro benzene ring substituents is 1. The van der Waals surface area contributed by atoms with E-state index in [-0.39, 0.29) is 36.4 Å². The molecule has 10 heteroatoms. The topological polar surface area (TPSA) is 110 Å². The number of nitro benzene ring substituents is 1. The first-order chi connectivity index (χ1) is 14.2. The Labute approximate surface area is 180 Å². The second-order valence-electron chi connectivity index (χ2n) is 7.30. The predicted octanol–water partition coefficient (Wildman–Crippen LogP) is 3.74. The van der Waals surface area contributed by atoms with Crippen molar-refractivity contribution in [3.05, 3.63) is 68.7 Å². The first-order valence-corrected chi connectivity index (χ1v) is 11.4. The van der Waals surface area contributed by atoms with E-state index >= 15 is 0 Å². The van der Waals surface area contributed by atoms with E-state index in [0.717, 1.165) is 5.56 Å². The highest BCUT2D eigenvalue weighted by molar-refractivity contribution is 7.88. The van der Waals surface area contributed by atoms with Gasteiger partial charge in [0.25, 0.3) is 5.69 Å². The number of nitro groups is 1. The Morgan fingerprint density at radius 3 is 2.43 bits per heavy atom. The average Bonchev–Trinajstić information content (AvgIpc) is 2.71. The monoisotopic (exact) mass is 451 g/mol. The van der Waals surface area contributed by atoms with Gasteiger partial charge in [0.15, 0.2) is 0 Å². The molecule has 1 aliphatic heterocycles. The molecule has 2 aromatic rings. The van der Waals surface area contributed by atoms with Crippen LogP contribution >= 0.6 is 11.6 Å². The molecular weight excluding hydrogens is 430 g/mol. The summed E-state index contributed by atoms with van der Waals surface area (Å²) in [6.07, 6.45) is 0.777. The van der Waals surface area contributed by atoms with Crippen LogP contribution < -0.4 is 5.32 Å². The van der Waals surface area contributed by atoms with Gasteiger partial charge in [-0.3, -0.25) is 14.9 Å². The third-order valence-electron chi connectivity index (χ3n) is 5.17. The summed E-state index contributed by atoms with van der Waals surface area (Å²) in [7, 11) is -3.50. The van der Waals surface area contributed by atoms with E-state index in [1.165, 1.54) is 16.4 Å². The predicted molar refractivity (Wildman–Crippen MR) is 115 cm³/mol. The summed E-state index contributed by atoms with van der Waals surface area (Å²) in [5, 5.41) is 14.2. The van der Waals surface area contributed by atoms with Crippen LogP contribution in [0.25, 0.3) is 0 Å². The fraction of sp³-hybridized carbons (Fsp3) is 0.350. The van der Waals surface area contributed by atoms with Crippen molar-refractivity contribution >= 4 is 38.9 Å². The van der Waals surface area contributed by atoms with Crippen molar-refractivity contribution in [1.82, 2.24) is 4.31 Å². The van der Waals surface area contributed by atoms with E-state index in [4.69, 9.17) is 11.6 Å². The van der Waals surface area contributed by atoms with Crippen molar-refractivity contribution in [3.63, 3.8) is 0 Å². The highest BCUT2D eigenvalue weighted by Gasteiger charge is 2.31. The Morgan fingerprint density at radius 2 is 1.83 bits per heavy atom. The van der Waals surface area contributed by atoms with Crippen LogP contribution in [-0.2, 0) is 20.6 Å². The van der Waals surface area contributed by atoms with Crippen LogP contribution in [0.5, 0.6) is 0 Å². The Bertz CT molecular complexity index is 1050. The normalized spacial score (nSPS) is 15.7. The van der Waals surface area contributed by atoms with Crippen LogP contribution in [0.3, 0.4) is 0 Å². The van der Waals surface area contributed by atoms with Crippen LogP contribution in [-0.4, -0.2) is 36.6 Å². The SMILES string of the molecule is Cc1ccc([N+](=O)[O-])cc1NC(=O)C1CCN(S(=O)(=O)Cc2ccc(Cl)cc2)CC1. The Morgan fingerprint density at radius 1 is 1.20 bits per heavy atom. The molecule has 0 aromatic heterocycles. The lowest BCUT2D eigenvalue weighted by Gasteiger charge is -2.30. The van der Waals surface area contributed by atoms with Gasteiger partial charge in [-0.15, -0.1) is 0 Å². The number of hydrogen-bond donors (Lipinski definition) is 1. The number of benzene rings is 2. The summed E-state index contributed by atoms with van der Waals surface area (Å²) in [5.41, 5.74) is 1.67. The number of piperidine rings is 1. The minimum absolute atomic E-state index is 0.0981. The molecule has 0 unspecified atom stereocenters. The number of carbonyl (C=O) groups excluding carboxylic acids is 1. The van der Waals surface area contributed by atoms with Crippen LogP contribution in [0.1, 0.15) is 24.0 Å². The maximum Gasteiger partial charge on any atom is 0.271 e. The molecule has 8 nitrogen and oxygen atoms in total. The molecule has 0 radical (unpaired) electrons. The quantitative estimate of drug-likeness (QED) is 0.531. The van der Waals surface area contributed by atoms with E-state index in [1.807, 2.05) is 0 Å². The van der Waals surface area contributed by atoms with Gasteiger partial charge in [-0.25, -0.2) is 12.7 Å². The zero-order valence-electron chi connectivity index (χ0n) is 16.4. The number of aryl methyl sites for hydroxylation is 1. The largest absolute Gasteiger partial charge is 0.325 e. The number of carbonyl (C=O) groups is 1. The summed E-state index contributed by atoms with van der Waals surface area (Å²) < 4.78 is 26.8. The minimum atomic E-state index is -3.50. The fourth-order valence-electron chi connectivity index (χ4n) is 3.37. The van der Waals surface area contributed by atoms with Crippen molar-refractivity contribution in [2.45, 2.75) is 25.5 Å². The number of halogens is 1. The number of anilines is 1. The lowest BCUT2D eigenvalue weighted by molar-refractivity contribution is -0.384. The molecule has 160 valence electrons. The summed E-state index contributed by atoms with van der Waals surface area (Å²) in [6.45, 7) is 2.26. The van der Waals surface area contributed by atoms with Crippen LogP contribution in [0.4, 0.5) is 11.4 Å². The second kappa shape index (κ2) is 9.11. The van der Waals surface area contributed by atoms with Crippen LogP contribution in [0, 0.1) is 23.0 Å². The standard InChI is InChI=1S/C20H22ClN3O5S/c1-14-2-7-18(24(26)27)12-19(14)22-20(25)16-8-10-23(11-9-16)30(28,29)13-15-3-5-17(21)6-4-15/h2-7,12,16H,8-11,13H2,1H3,(H,22,25). The maximum absolute atomic E-state index is 12.7. The van der Waals surface area contributed by atoms with E-state index < -0.39 is 14.9 Å². The number of amides is 1. The second-order valence-corrected chi connectivity index (χ2v) is 9.71. The van der Waals surface area contributed by atoms with Crippen LogP contribution in [0.15, 0.2) is 42.5 Å². The highest BCUT2D eigenvalue weighted by Crippen LogP contribution is 2.26. The number of rotatable bonds is 6. The van der Waals surface area contributed by atoms with Gasteiger partial charge in [0.05, 0.1) is 16.4 Å². The van der Waals surface area contributed by atoms with Crippen molar-refractivity contribution in [3.8, 4) is 0 Å². The van der Waals surface area contributed by atoms with Gasteiger partial charge in [-0.1, -0.05) is 29.8 Å². The van der Waals surface area contributed by atoms with Crippen molar-refractivity contribution in [1.29, 1.82) is 0 Å². The Hall–Kier alpha value is -2.49. The fourth-order valence-corrected chi connectivity index (χ4v) is 5.06.